The molecule has 0 bridgehead atoms. The molecule has 2 rings (SSSR count). The first-order chi connectivity index (χ1) is 10.0. The Morgan fingerprint density at radius 1 is 1.24 bits per heavy atom. The summed E-state index contributed by atoms with van der Waals surface area (Å²) in [5.41, 5.74) is 8.76. The Morgan fingerprint density at radius 3 is 2.57 bits per heavy atom. The molecule has 0 aliphatic heterocycles. The molecule has 2 atom stereocenters. The molecule has 21 heavy (non-hydrogen) atoms. The number of hydrogen-bond donors (Lipinski definition) is 1. The first-order valence-electron chi connectivity index (χ1n) is 7.59. The van der Waals surface area contributed by atoms with Gasteiger partial charge in [-0.2, -0.15) is 0 Å². The van der Waals surface area contributed by atoms with Crippen LogP contribution in [0, 0.1) is 6.92 Å². The Morgan fingerprint density at radius 2 is 2.00 bits per heavy atom. The van der Waals surface area contributed by atoms with E-state index in [1.54, 1.807) is 11.3 Å². The van der Waals surface area contributed by atoms with E-state index in [-0.39, 0.29) is 12.1 Å². The summed E-state index contributed by atoms with van der Waals surface area (Å²) in [5.74, 6) is 1.40. The smallest absolute Gasteiger partial charge is 0.148 e. The van der Waals surface area contributed by atoms with Crippen molar-refractivity contribution in [3.05, 3.63) is 51.7 Å². The van der Waals surface area contributed by atoms with Crippen LogP contribution in [0.25, 0.3) is 0 Å². The van der Waals surface area contributed by atoms with Crippen molar-refractivity contribution in [3.63, 3.8) is 0 Å². The van der Waals surface area contributed by atoms with Gasteiger partial charge in [-0.1, -0.05) is 39.0 Å². The number of aryl methyl sites for hydroxylation is 1. The highest BCUT2D eigenvalue weighted by molar-refractivity contribution is 7.10. The van der Waals surface area contributed by atoms with Gasteiger partial charge in [0.25, 0.3) is 0 Å². The number of hydrogen-bond acceptors (Lipinski definition) is 3. The second-order valence-electron chi connectivity index (χ2n) is 5.82. The van der Waals surface area contributed by atoms with E-state index < -0.39 is 0 Å². The summed E-state index contributed by atoms with van der Waals surface area (Å²) >= 11 is 1.71. The van der Waals surface area contributed by atoms with Gasteiger partial charge in [0.05, 0.1) is 0 Å². The van der Waals surface area contributed by atoms with Crippen molar-refractivity contribution in [3.8, 4) is 5.75 Å². The minimum atomic E-state index is -0.0747. The van der Waals surface area contributed by atoms with Crippen molar-refractivity contribution in [2.45, 2.75) is 52.2 Å². The van der Waals surface area contributed by atoms with Crippen molar-refractivity contribution in [2.75, 3.05) is 0 Å². The third-order valence-corrected chi connectivity index (χ3v) is 4.66. The average molecular weight is 303 g/mol. The van der Waals surface area contributed by atoms with Crippen LogP contribution in [0.1, 0.15) is 55.2 Å². The van der Waals surface area contributed by atoms with Crippen molar-refractivity contribution in [1.29, 1.82) is 0 Å². The highest BCUT2D eigenvalue weighted by Crippen LogP contribution is 2.34. The van der Waals surface area contributed by atoms with Crippen LogP contribution in [0.3, 0.4) is 0 Å². The Bertz CT molecular complexity index is 563. The molecule has 0 aliphatic carbocycles. The lowest BCUT2D eigenvalue weighted by atomic mass is 10.00. The van der Waals surface area contributed by atoms with Gasteiger partial charge in [-0.05, 0) is 47.9 Å². The predicted molar refractivity (Wildman–Crippen MR) is 91.2 cm³/mol. The predicted octanol–water partition coefficient (Wildman–Crippen LogP) is 5.04. The number of ether oxygens (including phenoxy) is 1. The summed E-state index contributed by atoms with van der Waals surface area (Å²) < 4.78 is 6.37. The van der Waals surface area contributed by atoms with Gasteiger partial charge < -0.3 is 10.5 Å². The molecule has 0 aliphatic rings. The summed E-state index contributed by atoms with van der Waals surface area (Å²) in [7, 11) is 0. The SMILES string of the molecule is CCC(N)C(Oc1cc(C)ccc1C(C)C)c1cccs1. The van der Waals surface area contributed by atoms with Crippen LogP contribution in [0.4, 0.5) is 0 Å². The van der Waals surface area contributed by atoms with Gasteiger partial charge in [-0.25, -0.2) is 0 Å². The second-order valence-corrected chi connectivity index (χ2v) is 6.80. The quantitative estimate of drug-likeness (QED) is 0.811. The number of nitrogens with two attached hydrogens (primary N) is 1. The van der Waals surface area contributed by atoms with Crippen LogP contribution in [-0.4, -0.2) is 6.04 Å². The fourth-order valence-corrected chi connectivity index (χ4v) is 3.21. The average Bonchev–Trinajstić information content (AvgIpc) is 2.97. The molecule has 0 fully saturated rings. The van der Waals surface area contributed by atoms with Crippen LogP contribution in [-0.2, 0) is 0 Å². The molecule has 0 saturated heterocycles. The maximum absolute atomic E-state index is 6.37. The molecule has 0 radical (unpaired) electrons. The van der Waals surface area contributed by atoms with Gasteiger partial charge in [0.2, 0.25) is 0 Å². The van der Waals surface area contributed by atoms with Gasteiger partial charge in [0.15, 0.2) is 0 Å². The number of rotatable bonds is 6. The number of benzene rings is 1. The molecule has 2 unspecified atom stereocenters. The zero-order valence-corrected chi connectivity index (χ0v) is 14.1. The first kappa shape index (κ1) is 16.1. The Kier molecular flexibility index (Phi) is 5.43. The molecule has 1 heterocycles. The van der Waals surface area contributed by atoms with E-state index in [1.165, 1.54) is 16.0 Å². The highest BCUT2D eigenvalue weighted by atomic mass is 32.1. The molecular weight excluding hydrogens is 278 g/mol. The molecule has 1 aromatic heterocycles. The second kappa shape index (κ2) is 7.10. The zero-order valence-electron chi connectivity index (χ0n) is 13.3. The standard InChI is InChI=1S/C18H25NOS/c1-5-15(19)18(17-7-6-10-21-17)20-16-11-13(4)8-9-14(16)12(2)3/h6-12,15,18H,5,19H2,1-4H3. The lowest BCUT2D eigenvalue weighted by Crippen LogP contribution is -2.31. The summed E-state index contributed by atoms with van der Waals surface area (Å²) in [5, 5.41) is 2.08. The number of thiophene rings is 1. The zero-order chi connectivity index (χ0) is 15.4. The maximum Gasteiger partial charge on any atom is 0.148 e. The van der Waals surface area contributed by atoms with Crippen LogP contribution in [0.2, 0.25) is 0 Å². The van der Waals surface area contributed by atoms with E-state index in [9.17, 15) is 0 Å². The van der Waals surface area contributed by atoms with E-state index in [4.69, 9.17) is 10.5 Å². The molecule has 0 amide bonds. The van der Waals surface area contributed by atoms with E-state index in [1.807, 2.05) is 0 Å². The molecule has 0 saturated carbocycles. The fourth-order valence-electron chi connectivity index (χ4n) is 2.38. The Balaban J connectivity index is 2.35. The molecule has 2 N–H and O–H groups in total. The summed E-state index contributed by atoms with van der Waals surface area (Å²) in [6.45, 7) is 8.58. The van der Waals surface area contributed by atoms with Crippen molar-refractivity contribution in [1.82, 2.24) is 0 Å². The van der Waals surface area contributed by atoms with Crippen molar-refractivity contribution in [2.24, 2.45) is 5.73 Å². The Labute approximate surface area is 132 Å². The van der Waals surface area contributed by atoms with E-state index in [2.05, 4.69) is 63.4 Å². The minimum absolute atomic E-state index is 0.00387. The lowest BCUT2D eigenvalue weighted by molar-refractivity contribution is 0.172. The maximum atomic E-state index is 6.37. The summed E-state index contributed by atoms with van der Waals surface area (Å²) in [6.07, 6.45) is 0.820. The molecule has 2 nitrogen and oxygen atoms in total. The van der Waals surface area contributed by atoms with Gasteiger partial charge in [0.1, 0.15) is 11.9 Å². The van der Waals surface area contributed by atoms with Crippen LogP contribution in [0.15, 0.2) is 35.7 Å². The molecule has 1 aromatic carbocycles. The Hall–Kier alpha value is -1.32. The molecular formula is C18H25NOS. The summed E-state index contributed by atoms with van der Waals surface area (Å²) in [6, 6.07) is 10.6. The van der Waals surface area contributed by atoms with E-state index in [0.717, 1.165) is 12.2 Å². The minimum Gasteiger partial charge on any atom is -0.483 e. The molecule has 3 heteroatoms. The van der Waals surface area contributed by atoms with Crippen LogP contribution in [0.5, 0.6) is 5.75 Å². The molecule has 114 valence electrons. The first-order valence-corrected chi connectivity index (χ1v) is 8.47. The monoisotopic (exact) mass is 303 g/mol. The highest BCUT2D eigenvalue weighted by Gasteiger charge is 2.23. The summed E-state index contributed by atoms with van der Waals surface area (Å²) in [4.78, 5) is 1.19. The fraction of sp³-hybridized carbons (Fsp3) is 0.444. The van der Waals surface area contributed by atoms with Gasteiger partial charge in [-0.3, -0.25) is 0 Å². The largest absolute Gasteiger partial charge is 0.483 e. The van der Waals surface area contributed by atoms with Gasteiger partial charge >= 0.3 is 0 Å². The van der Waals surface area contributed by atoms with Crippen molar-refractivity contribution >= 4 is 11.3 Å². The van der Waals surface area contributed by atoms with Gasteiger partial charge in [0, 0.05) is 10.9 Å². The topological polar surface area (TPSA) is 35.2 Å². The lowest BCUT2D eigenvalue weighted by Gasteiger charge is -2.25. The van der Waals surface area contributed by atoms with E-state index in [0.29, 0.717) is 5.92 Å². The van der Waals surface area contributed by atoms with Gasteiger partial charge in [-0.15, -0.1) is 11.3 Å². The van der Waals surface area contributed by atoms with Crippen molar-refractivity contribution < 1.29 is 4.74 Å². The van der Waals surface area contributed by atoms with Crippen LogP contribution >= 0.6 is 11.3 Å². The van der Waals surface area contributed by atoms with Crippen LogP contribution < -0.4 is 10.5 Å². The molecule has 2 aromatic rings. The normalized spacial score (nSPS) is 14.2. The van der Waals surface area contributed by atoms with E-state index >= 15 is 0 Å². The third kappa shape index (κ3) is 3.86. The molecule has 0 spiro atoms. The third-order valence-electron chi connectivity index (χ3n) is 3.73.